The molecule has 0 saturated carbocycles. The lowest BCUT2D eigenvalue weighted by molar-refractivity contribution is 1.08. The van der Waals surface area contributed by atoms with Gasteiger partial charge in [0.15, 0.2) is 34.9 Å². The molecule has 0 spiro atoms. The van der Waals surface area contributed by atoms with Gasteiger partial charge in [-0.25, -0.2) is 29.9 Å². The summed E-state index contributed by atoms with van der Waals surface area (Å²) in [5.41, 5.74) is 16.6. The normalized spacial score (nSPS) is 11.8. The van der Waals surface area contributed by atoms with Crippen LogP contribution in [0.2, 0.25) is 0 Å². The number of thiophene rings is 2. The lowest BCUT2D eigenvalue weighted by Gasteiger charge is -2.12. The molecule has 0 aliphatic heterocycles. The van der Waals surface area contributed by atoms with Crippen molar-refractivity contribution in [1.82, 2.24) is 39.0 Å². The predicted molar refractivity (Wildman–Crippen MR) is 391 cm³/mol. The summed E-state index contributed by atoms with van der Waals surface area (Å²) in [6, 6.07) is 108. The molecule has 6 aromatic heterocycles. The van der Waals surface area contributed by atoms with E-state index in [4.69, 9.17) is 29.9 Å². The fourth-order valence-corrected chi connectivity index (χ4v) is 16.5. The average Bonchev–Trinajstić information content (AvgIpc) is 1.57. The minimum absolute atomic E-state index is 0.569. The zero-order valence-corrected chi connectivity index (χ0v) is 51.9. The highest BCUT2D eigenvalue weighted by Crippen LogP contribution is 2.48. The third-order valence-corrected chi connectivity index (χ3v) is 20.8. The number of aromatic nitrogens is 8. The molecule has 0 radical (unpaired) electrons. The molecule has 0 aliphatic rings. The van der Waals surface area contributed by atoms with E-state index >= 15 is 0 Å². The van der Waals surface area contributed by atoms with E-state index in [1.165, 1.54) is 42.8 Å². The number of rotatable bonds is 10. The molecule has 0 N–H and O–H groups in total. The van der Waals surface area contributed by atoms with Gasteiger partial charge in [-0.1, -0.05) is 243 Å². The highest BCUT2D eigenvalue weighted by atomic mass is 32.1. The number of hydrogen-bond donors (Lipinski definition) is 0. The van der Waals surface area contributed by atoms with Crippen LogP contribution in [0.15, 0.2) is 303 Å². The van der Waals surface area contributed by atoms with Crippen LogP contribution in [-0.4, -0.2) is 39.0 Å². The van der Waals surface area contributed by atoms with E-state index in [0.717, 1.165) is 108 Å². The number of fused-ring (bicyclic) bond motifs is 12. The van der Waals surface area contributed by atoms with Gasteiger partial charge in [0.2, 0.25) is 0 Å². The van der Waals surface area contributed by atoms with Gasteiger partial charge in [-0.2, -0.15) is 0 Å². The van der Waals surface area contributed by atoms with Gasteiger partial charge < -0.3 is 9.13 Å². The van der Waals surface area contributed by atoms with Crippen LogP contribution in [0.5, 0.6) is 0 Å². The topological polar surface area (TPSA) is 87.2 Å². The molecule has 10 heteroatoms. The first-order chi connectivity index (χ1) is 46.6. The number of nitrogens with zero attached hydrogens (tertiary/aromatic N) is 8. The Morgan fingerprint density at radius 3 is 1.10 bits per heavy atom. The van der Waals surface area contributed by atoms with Crippen LogP contribution >= 0.6 is 22.7 Å². The molecule has 438 valence electrons. The SMILES string of the molecule is c1ccc(-c2ccc3c4ccccc4n(-c4cccc5c4sc4c(-c6nc(-c7ccccc7)nc(-c7cccc(-c8cc(-c9nc(-c%10ccccc%10)nc(-c%10ccccc%10)n9)c9sc%10c(-n%11c%12ccccc%12c%12ccccc%12%11)cccc%10c9c8)c7)n6)cccc45)c3c2)cc1. The van der Waals surface area contributed by atoms with Crippen molar-refractivity contribution in [2.75, 3.05) is 0 Å². The van der Waals surface area contributed by atoms with Crippen LogP contribution in [0.4, 0.5) is 0 Å². The Kier molecular flexibility index (Phi) is 12.5. The molecule has 0 unspecified atom stereocenters. The number of hydrogen-bond acceptors (Lipinski definition) is 8. The van der Waals surface area contributed by atoms with Crippen molar-refractivity contribution < 1.29 is 0 Å². The number of para-hydroxylation sites is 3. The molecule has 0 fully saturated rings. The maximum Gasteiger partial charge on any atom is 0.165 e. The van der Waals surface area contributed by atoms with E-state index in [1.54, 1.807) is 22.7 Å². The Morgan fingerprint density at radius 1 is 0.191 bits per heavy atom. The minimum atomic E-state index is 0.569. The van der Waals surface area contributed by atoms with Crippen molar-refractivity contribution in [2.45, 2.75) is 0 Å². The Labute approximate surface area is 547 Å². The summed E-state index contributed by atoms with van der Waals surface area (Å²) in [4.78, 5) is 32.1. The van der Waals surface area contributed by atoms with Crippen molar-refractivity contribution in [2.24, 2.45) is 0 Å². The zero-order valence-electron chi connectivity index (χ0n) is 50.3. The Morgan fingerprint density at radius 2 is 0.553 bits per heavy atom. The van der Waals surface area contributed by atoms with Gasteiger partial charge >= 0.3 is 0 Å². The summed E-state index contributed by atoms with van der Waals surface area (Å²) in [5.74, 6) is 3.55. The van der Waals surface area contributed by atoms with Gasteiger partial charge in [0.1, 0.15) is 0 Å². The summed E-state index contributed by atoms with van der Waals surface area (Å²) in [6.07, 6.45) is 0. The van der Waals surface area contributed by atoms with Crippen LogP contribution in [-0.2, 0) is 0 Å². The molecule has 94 heavy (non-hydrogen) atoms. The van der Waals surface area contributed by atoms with Crippen molar-refractivity contribution >= 4 is 107 Å². The summed E-state index contributed by atoms with van der Waals surface area (Å²) in [5, 5.41) is 9.44. The average molecular weight is 1240 g/mol. The fourth-order valence-electron chi connectivity index (χ4n) is 13.9. The van der Waals surface area contributed by atoms with Crippen LogP contribution in [0, 0.1) is 0 Å². The van der Waals surface area contributed by atoms with E-state index in [2.05, 4.69) is 258 Å². The third-order valence-electron chi connectivity index (χ3n) is 18.2. The summed E-state index contributed by atoms with van der Waals surface area (Å²) >= 11 is 3.58. The second kappa shape index (κ2) is 21.8. The van der Waals surface area contributed by atoms with E-state index in [0.29, 0.717) is 34.9 Å². The van der Waals surface area contributed by atoms with Gasteiger partial charge in [0.05, 0.1) is 42.8 Å². The van der Waals surface area contributed by atoms with Gasteiger partial charge in [-0.15, -0.1) is 22.7 Å². The molecular weight excluding hydrogens is 1190 g/mol. The maximum absolute atomic E-state index is 5.50. The molecule has 0 atom stereocenters. The van der Waals surface area contributed by atoms with Crippen LogP contribution < -0.4 is 0 Å². The molecular formula is C84H50N8S2. The molecule has 0 amide bonds. The highest BCUT2D eigenvalue weighted by Gasteiger charge is 2.25. The Hall–Kier alpha value is -12.1. The van der Waals surface area contributed by atoms with Crippen LogP contribution in [0.1, 0.15) is 0 Å². The Bertz CT molecular complexity index is 6120. The first-order valence-electron chi connectivity index (χ1n) is 31.4. The quantitative estimate of drug-likeness (QED) is 0.136. The van der Waals surface area contributed by atoms with Crippen LogP contribution in [0.3, 0.4) is 0 Å². The Balaban J connectivity index is 0.800. The van der Waals surface area contributed by atoms with Crippen molar-refractivity contribution in [3.8, 4) is 102 Å². The molecule has 6 heterocycles. The smallest absolute Gasteiger partial charge is 0.165 e. The minimum Gasteiger partial charge on any atom is -0.308 e. The van der Waals surface area contributed by atoms with Gasteiger partial charge in [0, 0.05) is 85.9 Å². The molecule has 19 aromatic rings. The second-order valence-corrected chi connectivity index (χ2v) is 25.7. The van der Waals surface area contributed by atoms with E-state index in [-0.39, 0.29) is 0 Å². The molecule has 19 rings (SSSR count). The van der Waals surface area contributed by atoms with Gasteiger partial charge in [-0.3, -0.25) is 0 Å². The highest BCUT2D eigenvalue weighted by molar-refractivity contribution is 7.27. The second-order valence-electron chi connectivity index (χ2n) is 23.7. The number of benzene rings is 13. The summed E-state index contributed by atoms with van der Waals surface area (Å²) < 4.78 is 9.42. The van der Waals surface area contributed by atoms with Crippen LogP contribution in [0.25, 0.3) is 186 Å². The predicted octanol–water partition coefficient (Wildman–Crippen LogP) is 22.3. The van der Waals surface area contributed by atoms with Crippen molar-refractivity contribution in [3.63, 3.8) is 0 Å². The monoisotopic (exact) mass is 1230 g/mol. The largest absolute Gasteiger partial charge is 0.308 e. The molecule has 8 nitrogen and oxygen atoms in total. The zero-order chi connectivity index (χ0) is 61.8. The lowest BCUT2D eigenvalue weighted by atomic mass is 9.97. The first-order valence-corrected chi connectivity index (χ1v) is 33.0. The molecule has 0 saturated heterocycles. The molecule has 13 aromatic carbocycles. The fraction of sp³-hybridized carbons (Fsp3) is 0. The lowest BCUT2D eigenvalue weighted by Crippen LogP contribution is -2.01. The molecule has 0 bridgehead atoms. The summed E-state index contributed by atoms with van der Waals surface area (Å²) in [6.45, 7) is 0. The summed E-state index contributed by atoms with van der Waals surface area (Å²) in [7, 11) is 0. The third kappa shape index (κ3) is 8.79. The molecule has 0 aliphatic carbocycles. The van der Waals surface area contributed by atoms with Gasteiger partial charge in [0.25, 0.3) is 0 Å². The first kappa shape index (κ1) is 53.7. The van der Waals surface area contributed by atoms with E-state index < -0.39 is 0 Å². The van der Waals surface area contributed by atoms with E-state index in [1.807, 2.05) is 54.6 Å². The maximum atomic E-state index is 5.50. The van der Waals surface area contributed by atoms with Crippen molar-refractivity contribution in [1.29, 1.82) is 0 Å². The standard InChI is InChI=1S/C84H50N8S2/c1-5-23-51(24-6-1)56-45-46-62-61-35-15-18-42-71(61)92(74(62)50-56)73-44-21-37-64-63-36-20-39-66(75(63)93-77(64)73)83-87-81(54-29-11-4-12-30-54)86-82(90-83)57-32-19-31-55(47-57)58-48-67-65-38-22-43-72(91-69-40-16-13-33-59(69)60-34-14-17-41-70(60)91)78(65)94-76(67)68(49-58)84-88-79(52-25-7-2-8-26-52)85-80(89-84)53-27-9-3-10-28-53/h1-50H. The van der Waals surface area contributed by atoms with Crippen molar-refractivity contribution in [3.05, 3.63) is 303 Å². The van der Waals surface area contributed by atoms with E-state index in [9.17, 15) is 0 Å². The van der Waals surface area contributed by atoms with Gasteiger partial charge in [-0.05, 0) is 82.9 Å².